The zero-order valence-electron chi connectivity index (χ0n) is 14.3. The summed E-state index contributed by atoms with van der Waals surface area (Å²) in [6.45, 7) is 4.20. The average molecular weight is 360 g/mol. The molecule has 0 radical (unpaired) electrons. The Labute approximate surface area is 153 Å². The van der Waals surface area contributed by atoms with Gasteiger partial charge in [-0.2, -0.15) is 0 Å². The van der Waals surface area contributed by atoms with Crippen molar-refractivity contribution in [2.45, 2.75) is 13.0 Å². The highest BCUT2D eigenvalue weighted by atomic mass is 35.5. The molecule has 0 spiro atoms. The topological polar surface area (TPSA) is 45.7 Å². The van der Waals surface area contributed by atoms with Crippen LogP contribution in [0.4, 0.5) is 0 Å². The fourth-order valence-electron chi connectivity index (χ4n) is 2.99. The number of hydrogen-bond acceptors (Lipinski definition) is 4. The first-order chi connectivity index (χ1) is 12.2. The predicted molar refractivity (Wildman–Crippen MR) is 98.0 cm³/mol. The lowest BCUT2D eigenvalue weighted by Gasteiger charge is -2.22. The van der Waals surface area contributed by atoms with Crippen LogP contribution in [-0.4, -0.2) is 54.0 Å². The van der Waals surface area contributed by atoms with Crippen molar-refractivity contribution >= 4 is 17.5 Å². The minimum Gasteiger partial charge on any atom is -0.481 e. The SMILES string of the molecule is COc1ccc(C(=O)N2CCCN(Cc3ccc(Cl)cc3)CC2)cn1. The second-order valence-electron chi connectivity index (χ2n) is 6.14. The molecular weight excluding hydrogens is 338 g/mol. The number of methoxy groups -OCH3 is 1. The molecule has 0 saturated carbocycles. The summed E-state index contributed by atoms with van der Waals surface area (Å²) < 4.78 is 5.04. The van der Waals surface area contributed by atoms with Crippen LogP contribution in [0.2, 0.25) is 5.02 Å². The molecule has 1 aliphatic rings. The summed E-state index contributed by atoms with van der Waals surface area (Å²) >= 11 is 5.94. The Morgan fingerprint density at radius 3 is 2.60 bits per heavy atom. The Bertz CT molecular complexity index is 704. The Morgan fingerprint density at radius 1 is 1.12 bits per heavy atom. The summed E-state index contributed by atoms with van der Waals surface area (Å²) in [6.07, 6.45) is 2.54. The highest BCUT2D eigenvalue weighted by Crippen LogP contribution is 2.15. The molecule has 0 N–H and O–H groups in total. The molecule has 132 valence electrons. The summed E-state index contributed by atoms with van der Waals surface area (Å²) in [6, 6.07) is 11.4. The van der Waals surface area contributed by atoms with E-state index in [0.717, 1.165) is 44.2 Å². The molecule has 0 bridgehead atoms. The van der Waals surface area contributed by atoms with Gasteiger partial charge in [-0.1, -0.05) is 23.7 Å². The minimum absolute atomic E-state index is 0.0310. The predicted octanol–water partition coefficient (Wildman–Crippen LogP) is 3.09. The van der Waals surface area contributed by atoms with Crippen LogP contribution in [-0.2, 0) is 6.54 Å². The number of carbonyl (C=O) groups is 1. The van der Waals surface area contributed by atoms with E-state index in [-0.39, 0.29) is 5.91 Å². The number of aromatic nitrogens is 1. The maximum Gasteiger partial charge on any atom is 0.255 e. The van der Waals surface area contributed by atoms with Gasteiger partial charge in [0, 0.05) is 50.0 Å². The molecule has 1 aliphatic heterocycles. The van der Waals surface area contributed by atoms with Crippen molar-refractivity contribution in [2.75, 3.05) is 33.3 Å². The molecule has 6 heteroatoms. The van der Waals surface area contributed by atoms with E-state index in [2.05, 4.69) is 22.0 Å². The summed E-state index contributed by atoms with van der Waals surface area (Å²) in [5.74, 6) is 0.546. The van der Waals surface area contributed by atoms with Crippen LogP contribution >= 0.6 is 11.6 Å². The molecule has 1 saturated heterocycles. The fourth-order valence-corrected chi connectivity index (χ4v) is 3.12. The van der Waals surface area contributed by atoms with Crippen LogP contribution in [0.15, 0.2) is 42.6 Å². The van der Waals surface area contributed by atoms with E-state index in [0.29, 0.717) is 11.4 Å². The monoisotopic (exact) mass is 359 g/mol. The molecule has 1 amide bonds. The van der Waals surface area contributed by atoms with Gasteiger partial charge in [-0.05, 0) is 30.2 Å². The number of pyridine rings is 1. The van der Waals surface area contributed by atoms with Crippen molar-refractivity contribution in [3.8, 4) is 5.88 Å². The molecule has 5 nitrogen and oxygen atoms in total. The third kappa shape index (κ3) is 4.71. The molecule has 1 fully saturated rings. The Hall–Kier alpha value is -2.11. The van der Waals surface area contributed by atoms with Gasteiger partial charge < -0.3 is 9.64 Å². The maximum absolute atomic E-state index is 12.7. The standard InChI is InChI=1S/C19H22ClN3O2/c1-25-18-8-5-16(13-21-18)19(24)23-10-2-9-22(11-12-23)14-15-3-6-17(20)7-4-15/h3-8,13H,2,9-12,14H2,1H3. The molecule has 2 aromatic rings. The van der Waals surface area contributed by atoms with Gasteiger partial charge in [-0.25, -0.2) is 4.98 Å². The van der Waals surface area contributed by atoms with Crippen LogP contribution < -0.4 is 4.74 Å². The number of rotatable bonds is 4. The lowest BCUT2D eigenvalue weighted by molar-refractivity contribution is 0.0760. The highest BCUT2D eigenvalue weighted by Gasteiger charge is 2.20. The van der Waals surface area contributed by atoms with Gasteiger partial charge in [-0.15, -0.1) is 0 Å². The molecule has 2 heterocycles. The number of carbonyl (C=O) groups excluding carboxylic acids is 1. The van der Waals surface area contributed by atoms with Gasteiger partial charge >= 0.3 is 0 Å². The summed E-state index contributed by atoms with van der Waals surface area (Å²) in [5, 5.41) is 0.754. The third-order valence-electron chi connectivity index (χ3n) is 4.39. The Kier molecular flexibility index (Phi) is 5.89. The molecule has 1 aromatic carbocycles. The van der Waals surface area contributed by atoms with Crippen LogP contribution in [0.25, 0.3) is 0 Å². The number of hydrogen-bond donors (Lipinski definition) is 0. The van der Waals surface area contributed by atoms with Crippen molar-refractivity contribution in [1.82, 2.24) is 14.8 Å². The van der Waals surface area contributed by atoms with E-state index >= 15 is 0 Å². The number of ether oxygens (including phenoxy) is 1. The average Bonchev–Trinajstić information content (AvgIpc) is 2.89. The molecule has 0 atom stereocenters. The summed E-state index contributed by atoms with van der Waals surface area (Å²) in [5.41, 5.74) is 1.84. The summed E-state index contributed by atoms with van der Waals surface area (Å²) in [7, 11) is 1.56. The number of nitrogens with zero attached hydrogens (tertiary/aromatic N) is 3. The molecule has 0 unspecified atom stereocenters. The van der Waals surface area contributed by atoms with Crippen LogP contribution in [0.1, 0.15) is 22.3 Å². The van der Waals surface area contributed by atoms with Crippen molar-refractivity contribution in [1.29, 1.82) is 0 Å². The van der Waals surface area contributed by atoms with E-state index in [1.54, 1.807) is 25.4 Å². The Morgan fingerprint density at radius 2 is 1.92 bits per heavy atom. The normalized spacial score (nSPS) is 15.7. The molecule has 25 heavy (non-hydrogen) atoms. The number of amides is 1. The first-order valence-corrected chi connectivity index (χ1v) is 8.79. The van der Waals surface area contributed by atoms with Crippen molar-refractivity contribution in [3.63, 3.8) is 0 Å². The lowest BCUT2D eigenvalue weighted by Crippen LogP contribution is -2.35. The quantitative estimate of drug-likeness (QED) is 0.841. The van der Waals surface area contributed by atoms with Crippen LogP contribution in [0.5, 0.6) is 5.88 Å². The first-order valence-electron chi connectivity index (χ1n) is 8.42. The molecule has 0 aliphatic carbocycles. The van der Waals surface area contributed by atoms with E-state index in [9.17, 15) is 4.79 Å². The van der Waals surface area contributed by atoms with Crippen molar-refractivity contribution < 1.29 is 9.53 Å². The smallest absolute Gasteiger partial charge is 0.255 e. The second kappa shape index (κ2) is 8.32. The molecule has 1 aromatic heterocycles. The van der Waals surface area contributed by atoms with Crippen molar-refractivity contribution in [3.05, 3.63) is 58.7 Å². The highest BCUT2D eigenvalue weighted by molar-refractivity contribution is 6.30. The van der Waals surface area contributed by atoms with Gasteiger partial charge in [0.25, 0.3) is 5.91 Å². The van der Waals surface area contributed by atoms with Gasteiger partial charge in [-0.3, -0.25) is 9.69 Å². The van der Waals surface area contributed by atoms with Gasteiger partial charge in [0.2, 0.25) is 5.88 Å². The zero-order valence-corrected chi connectivity index (χ0v) is 15.1. The van der Waals surface area contributed by atoms with Crippen LogP contribution in [0.3, 0.4) is 0 Å². The van der Waals surface area contributed by atoms with Gasteiger partial charge in [0.05, 0.1) is 12.7 Å². The fraction of sp³-hybridized carbons (Fsp3) is 0.368. The minimum atomic E-state index is 0.0310. The maximum atomic E-state index is 12.7. The largest absolute Gasteiger partial charge is 0.481 e. The van der Waals surface area contributed by atoms with Gasteiger partial charge in [0.1, 0.15) is 0 Å². The van der Waals surface area contributed by atoms with E-state index in [1.807, 2.05) is 17.0 Å². The first kappa shape index (κ1) is 17.7. The number of halogens is 1. The van der Waals surface area contributed by atoms with Gasteiger partial charge in [0.15, 0.2) is 0 Å². The van der Waals surface area contributed by atoms with E-state index in [1.165, 1.54) is 5.56 Å². The third-order valence-corrected chi connectivity index (χ3v) is 4.64. The van der Waals surface area contributed by atoms with Crippen molar-refractivity contribution in [2.24, 2.45) is 0 Å². The second-order valence-corrected chi connectivity index (χ2v) is 6.57. The van der Waals surface area contributed by atoms with Crippen LogP contribution in [0, 0.1) is 0 Å². The van der Waals surface area contributed by atoms with E-state index in [4.69, 9.17) is 16.3 Å². The van der Waals surface area contributed by atoms with E-state index < -0.39 is 0 Å². The zero-order chi connectivity index (χ0) is 17.6. The Balaban J connectivity index is 1.58. The molecule has 3 rings (SSSR count). The number of benzene rings is 1. The molecular formula is C19H22ClN3O2. The summed E-state index contributed by atoms with van der Waals surface area (Å²) in [4.78, 5) is 21.1. The lowest BCUT2D eigenvalue weighted by atomic mass is 10.2.